The van der Waals surface area contributed by atoms with Crippen molar-refractivity contribution in [2.75, 3.05) is 0 Å². The van der Waals surface area contributed by atoms with Crippen LogP contribution in [0.4, 0.5) is 0 Å². The number of H-pyrrole nitrogens is 1. The van der Waals surface area contributed by atoms with Crippen LogP contribution >= 0.6 is 0 Å². The summed E-state index contributed by atoms with van der Waals surface area (Å²) in [7, 11) is 0. The highest BCUT2D eigenvalue weighted by molar-refractivity contribution is 5.96. The summed E-state index contributed by atoms with van der Waals surface area (Å²) in [5.74, 6) is 0. The summed E-state index contributed by atoms with van der Waals surface area (Å²) in [6.45, 7) is 0. The monoisotopic (exact) mass is 245 g/mol. The maximum absolute atomic E-state index is 4.32. The topological polar surface area (TPSA) is 41.6 Å². The Labute approximate surface area is 110 Å². The van der Waals surface area contributed by atoms with E-state index in [1.807, 2.05) is 30.7 Å². The van der Waals surface area contributed by atoms with Crippen LogP contribution in [0.15, 0.2) is 61.2 Å². The van der Waals surface area contributed by atoms with Crippen molar-refractivity contribution in [1.82, 2.24) is 15.0 Å². The van der Waals surface area contributed by atoms with Crippen LogP contribution in [0.3, 0.4) is 0 Å². The molecule has 90 valence electrons. The molecule has 3 heteroatoms. The Morgan fingerprint density at radius 3 is 2.95 bits per heavy atom. The second kappa shape index (κ2) is 3.92. The van der Waals surface area contributed by atoms with Gasteiger partial charge in [-0.15, -0.1) is 0 Å². The van der Waals surface area contributed by atoms with Gasteiger partial charge in [-0.05, 0) is 35.2 Å². The smallest absolute Gasteiger partial charge is 0.137 e. The lowest BCUT2D eigenvalue weighted by Gasteiger charge is -2.02. The maximum Gasteiger partial charge on any atom is 0.137 e. The first kappa shape index (κ1) is 10.3. The Morgan fingerprint density at radius 1 is 0.947 bits per heavy atom. The van der Waals surface area contributed by atoms with Crippen molar-refractivity contribution in [2.24, 2.45) is 0 Å². The van der Waals surface area contributed by atoms with E-state index in [1.165, 1.54) is 16.5 Å². The van der Waals surface area contributed by atoms with Crippen molar-refractivity contribution in [3.05, 3.63) is 61.2 Å². The van der Waals surface area contributed by atoms with Gasteiger partial charge in [0.15, 0.2) is 0 Å². The Morgan fingerprint density at radius 2 is 1.95 bits per heavy atom. The normalized spacial score (nSPS) is 11.2. The van der Waals surface area contributed by atoms with Crippen LogP contribution in [-0.2, 0) is 0 Å². The highest BCUT2D eigenvalue weighted by Crippen LogP contribution is 2.29. The van der Waals surface area contributed by atoms with E-state index in [1.54, 1.807) is 6.20 Å². The molecule has 0 unspecified atom stereocenters. The summed E-state index contributed by atoms with van der Waals surface area (Å²) in [5, 5.41) is 3.51. The molecule has 4 aromatic rings. The molecule has 0 saturated carbocycles. The van der Waals surface area contributed by atoms with E-state index in [0.717, 1.165) is 16.4 Å². The molecular weight excluding hydrogens is 234 g/mol. The summed E-state index contributed by atoms with van der Waals surface area (Å²) in [4.78, 5) is 11.7. The number of hydrogen-bond donors (Lipinski definition) is 1. The third-order valence-electron chi connectivity index (χ3n) is 3.40. The molecule has 0 radical (unpaired) electrons. The molecule has 3 nitrogen and oxygen atoms in total. The predicted octanol–water partition coefficient (Wildman–Crippen LogP) is 3.78. The number of fused-ring (bicyclic) bond motifs is 2. The minimum Gasteiger partial charge on any atom is -0.346 e. The lowest BCUT2D eigenvalue weighted by molar-refractivity contribution is 1.33. The minimum absolute atomic E-state index is 0.923. The van der Waals surface area contributed by atoms with Gasteiger partial charge in [-0.2, -0.15) is 0 Å². The third-order valence-corrected chi connectivity index (χ3v) is 3.40. The Balaban J connectivity index is 1.99. The van der Waals surface area contributed by atoms with Gasteiger partial charge in [0.1, 0.15) is 5.65 Å². The summed E-state index contributed by atoms with van der Waals surface area (Å²) < 4.78 is 0. The summed E-state index contributed by atoms with van der Waals surface area (Å²) in [5.41, 5.74) is 3.30. The zero-order chi connectivity index (χ0) is 12.7. The predicted molar refractivity (Wildman–Crippen MR) is 76.8 cm³/mol. The summed E-state index contributed by atoms with van der Waals surface area (Å²) in [6.07, 6.45) is 7.52. The second-order valence-electron chi connectivity index (χ2n) is 4.54. The number of nitrogens with one attached hydrogen (secondary N) is 1. The van der Waals surface area contributed by atoms with Crippen molar-refractivity contribution < 1.29 is 0 Å². The van der Waals surface area contributed by atoms with Crippen molar-refractivity contribution in [3.8, 4) is 11.1 Å². The molecule has 3 heterocycles. The zero-order valence-electron chi connectivity index (χ0n) is 10.2. The van der Waals surface area contributed by atoms with Gasteiger partial charge in [0.05, 0.1) is 0 Å². The van der Waals surface area contributed by atoms with E-state index in [4.69, 9.17) is 0 Å². The van der Waals surface area contributed by atoms with Crippen molar-refractivity contribution in [2.45, 2.75) is 0 Å². The second-order valence-corrected chi connectivity index (χ2v) is 4.54. The van der Waals surface area contributed by atoms with Crippen molar-refractivity contribution >= 4 is 21.8 Å². The van der Waals surface area contributed by atoms with E-state index in [9.17, 15) is 0 Å². The molecule has 19 heavy (non-hydrogen) atoms. The molecule has 0 fully saturated rings. The fourth-order valence-electron chi connectivity index (χ4n) is 2.45. The molecule has 3 aromatic heterocycles. The molecular formula is C16H11N3. The average molecular weight is 245 g/mol. The van der Waals surface area contributed by atoms with Gasteiger partial charge in [-0.1, -0.05) is 12.1 Å². The van der Waals surface area contributed by atoms with Crippen molar-refractivity contribution in [3.63, 3.8) is 0 Å². The quantitative estimate of drug-likeness (QED) is 0.554. The largest absolute Gasteiger partial charge is 0.346 e. The summed E-state index contributed by atoms with van der Waals surface area (Å²) in [6, 6.07) is 12.5. The van der Waals surface area contributed by atoms with Crippen LogP contribution in [0.25, 0.3) is 32.9 Å². The van der Waals surface area contributed by atoms with Gasteiger partial charge in [-0.3, -0.25) is 4.98 Å². The van der Waals surface area contributed by atoms with E-state index in [-0.39, 0.29) is 0 Å². The van der Waals surface area contributed by atoms with Gasteiger partial charge in [0.2, 0.25) is 0 Å². The zero-order valence-corrected chi connectivity index (χ0v) is 10.2. The van der Waals surface area contributed by atoms with E-state index in [0.29, 0.717) is 0 Å². The third kappa shape index (κ3) is 1.59. The minimum atomic E-state index is 0.923. The number of benzene rings is 1. The fourth-order valence-corrected chi connectivity index (χ4v) is 2.45. The van der Waals surface area contributed by atoms with Crippen LogP contribution in [0.1, 0.15) is 0 Å². The van der Waals surface area contributed by atoms with E-state index < -0.39 is 0 Å². The SMILES string of the molecule is c1cnc2[nH]cc(-c3ccc4cnccc4c3)c2c1. The van der Waals surface area contributed by atoms with E-state index >= 15 is 0 Å². The Kier molecular flexibility index (Phi) is 2.12. The summed E-state index contributed by atoms with van der Waals surface area (Å²) >= 11 is 0. The lowest BCUT2D eigenvalue weighted by atomic mass is 10.0. The van der Waals surface area contributed by atoms with Gasteiger partial charge >= 0.3 is 0 Å². The molecule has 1 N–H and O–H groups in total. The molecule has 4 rings (SSSR count). The molecule has 0 atom stereocenters. The lowest BCUT2D eigenvalue weighted by Crippen LogP contribution is -1.79. The number of hydrogen-bond acceptors (Lipinski definition) is 2. The number of pyridine rings is 2. The van der Waals surface area contributed by atoms with Crippen LogP contribution in [0.2, 0.25) is 0 Å². The van der Waals surface area contributed by atoms with Crippen LogP contribution in [0, 0.1) is 0 Å². The van der Waals surface area contributed by atoms with Gasteiger partial charge < -0.3 is 4.98 Å². The molecule has 0 spiro atoms. The van der Waals surface area contributed by atoms with Gasteiger partial charge in [0.25, 0.3) is 0 Å². The van der Waals surface area contributed by atoms with Gasteiger partial charge in [-0.25, -0.2) is 4.98 Å². The molecule has 0 saturated heterocycles. The molecule has 0 amide bonds. The van der Waals surface area contributed by atoms with Crippen LogP contribution in [-0.4, -0.2) is 15.0 Å². The average Bonchev–Trinajstić information content (AvgIpc) is 2.91. The Hall–Kier alpha value is -2.68. The van der Waals surface area contributed by atoms with Crippen LogP contribution < -0.4 is 0 Å². The number of rotatable bonds is 1. The standard InChI is InChI=1S/C16H11N3/c1-2-14-15(10-19-16(14)18-6-1)12-3-4-13-9-17-7-5-11(13)8-12/h1-10H,(H,18,19). The maximum atomic E-state index is 4.32. The van der Waals surface area contributed by atoms with Crippen molar-refractivity contribution in [1.29, 1.82) is 0 Å². The van der Waals surface area contributed by atoms with Crippen LogP contribution in [0.5, 0.6) is 0 Å². The first-order chi connectivity index (χ1) is 9.42. The number of aromatic amines is 1. The first-order valence-electron chi connectivity index (χ1n) is 6.18. The molecule has 0 bridgehead atoms. The fraction of sp³-hybridized carbons (Fsp3) is 0. The highest BCUT2D eigenvalue weighted by atomic mass is 14.8. The van der Waals surface area contributed by atoms with E-state index in [2.05, 4.69) is 39.2 Å². The molecule has 0 aliphatic rings. The number of aromatic nitrogens is 3. The highest BCUT2D eigenvalue weighted by Gasteiger charge is 2.06. The van der Waals surface area contributed by atoms with Gasteiger partial charge in [0, 0.05) is 41.1 Å². The number of nitrogens with zero attached hydrogens (tertiary/aromatic N) is 2. The molecule has 0 aliphatic carbocycles. The molecule has 0 aliphatic heterocycles. The molecule has 1 aromatic carbocycles. The first-order valence-corrected chi connectivity index (χ1v) is 6.18. The Bertz CT molecular complexity index is 877.